The Bertz CT molecular complexity index is 622. The fraction of sp³-hybridized carbons (Fsp3) is 0.471. The molecule has 0 aliphatic rings. The molecule has 108 valence electrons. The zero-order valence-electron chi connectivity index (χ0n) is 12.7. The fourth-order valence-corrected chi connectivity index (χ4v) is 2.53. The molecule has 3 nitrogen and oxygen atoms in total. The van der Waals surface area contributed by atoms with Crippen LogP contribution in [0.4, 0.5) is 0 Å². The van der Waals surface area contributed by atoms with Crippen LogP contribution < -0.4 is 5.56 Å². The predicted octanol–water partition coefficient (Wildman–Crippen LogP) is 3.77. The lowest BCUT2D eigenvalue weighted by molar-refractivity contribution is 0.773. The average Bonchev–Trinajstić information content (AvgIpc) is 2.74. The maximum atomic E-state index is 12.6. The van der Waals surface area contributed by atoms with Gasteiger partial charge in [0.25, 0.3) is 5.56 Å². The normalized spacial score (nSPS) is 10.9. The zero-order valence-corrected chi connectivity index (χ0v) is 12.7. The molecule has 0 spiro atoms. The van der Waals surface area contributed by atoms with Crippen molar-refractivity contribution >= 4 is 0 Å². The first kappa shape index (κ1) is 14.6. The molecule has 0 bridgehead atoms. The Morgan fingerprint density at radius 3 is 2.60 bits per heavy atom. The van der Waals surface area contributed by atoms with Gasteiger partial charge >= 0.3 is 0 Å². The third-order valence-corrected chi connectivity index (χ3v) is 3.61. The minimum absolute atomic E-state index is 0.118. The van der Waals surface area contributed by atoms with E-state index in [9.17, 15) is 4.79 Å². The van der Waals surface area contributed by atoms with Crippen LogP contribution in [0.5, 0.6) is 0 Å². The number of nitrogens with zero attached hydrogens (tertiary/aromatic N) is 1. The monoisotopic (exact) mass is 272 g/mol. The Labute approximate surface area is 120 Å². The maximum Gasteiger partial charge on any atom is 0.274 e. The van der Waals surface area contributed by atoms with E-state index in [1.807, 2.05) is 31.2 Å². The van der Waals surface area contributed by atoms with Gasteiger partial charge in [-0.05, 0) is 43.9 Å². The number of H-pyrrole nitrogens is 1. The standard InChI is InChI=1S/C17H24N2O/c1-4-6-11-15-16(8-5-2)18-19(17(15)20)14-10-7-9-13(3)12-14/h7,9-10,12,18H,4-6,8,11H2,1-3H3. The highest BCUT2D eigenvalue weighted by Gasteiger charge is 2.14. The SMILES string of the molecule is CCCCc1c(CCC)[nH]n(-c2cccc(C)c2)c1=O. The summed E-state index contributed by atoms with van der Waals surface area (Å²) in [6.45, 7) is 6.35. The van der Waals surface area contributed by atoms with Gasteiger partial charge in [-0.3, -0.25) is 9.89 Å². The number of benzene rings is 1. The van der Waals surface area contributed by atoms with Gasteiger partial charge in [-0.25, -0.2) is 4.68 Å². The summed E-state index contributed by atoms with van der Waals surface area (Å²) < 4.78 is 1.70. The molecular weight excluding hydrogens is 248 g/mol. The molecule has 0 atom stereocenters. The van der Waals surface area contributed by atoms with Crippen molar-refractivity contribution in [1.82, 2.24) is 9.78 Å². The van der Waals surface area contributed by atoms with Gasteiger partial charge in [-0.2, -0.15) is 0 Å². The second-order valence-corrected chi connectivity index (χ2v) is 5.40. The Balaban J connectivity index is 2.46. The van der Waals surface area contributed by atoms with E-state index in [1.54, 1.807) is 4.68 Å². The van der Waals surface area contributed by atoms with Crippen LogP contribution >= 0.6 is 0 Å². The number of aromatic amines is 1. The molecule has 0 saturated heterocycles. The lowest BCUT2D eigenvalue weighted by Crippen LogP contribution is -2.17. The number of hydrogen-bond acceptors (Lipinski definition) is 1. The first-order valence-electron chi connectivity index (χ1n) is 7.57. The molecule has 0 aliphatic carbocycles. The number of nitrogens with one attached hydrogen (secondary N) is 1. The van der Waals surface area contributed by atoms with E-state index in [1.165, 1.54) is 0 Å². The molecule has 20 heavy (non-hydrogen) atoms. The van der Waals surface area contributed by atoms with Crippen LogP contribution in [0.25, 0.3) is 5.69 Å². The van der Waals surface area contributed by atoms with E-state index in [2.05, 4.69) is 18.9 Å². The lowest BCUT2D eigenvalue weighted by atomic mass is 10.1. The van der Waals surface area contributed by atoms with Crippen LogP contribution in [0.15, 0.2) is 29.1 Å². The van der Waals surface area contributed by atoms with E-state index < -0.39 is 0 Å². The topological polar surface area (TPSA) is 37.8 Å². The minimum atomic E-state index is 0.118. The maximum absolute atomic E-state index is 12.6. The van der Waals surface area contributed by atoms with Crippen LogP contribution in [0.3, 0.4) is 0 Å². The van der Waals surface area contributed by atoms with Crippen molar-refractivity contribution in [2.75, 3.05) is 0 Å². The number of hydrogen-bond donors (Lipinski definition) is 1. The zero-order chi connectivity index (χ0) is 14.5. The summed E-state index contributed by atoms with van der Waals surface area (Å²) in [5.74, 6) is 0. The van der Waals surface area contributed by atoms with Crippen molar-refractivity contribution in [2.24, 2.45) is 0 Å². The average molecular weight is 272 g/mol. The highest BCUT2D eigenvalue weighted by molar-refractivity contribution is 5.36. The third kappa shape index (κ3) is 3.03. The third-order valence-electron chi connectivity index (χ3n) is 3.61. The van der Waals surface area contributed by atoms with Crippen LogP contribution in [0.1, 0.15) is 49.9 Å². The Kier molecular flexibility index (Phi) is 4.83. The first-order valence-corrected chi connectivity index (χ1v) is 7.57. The molecule has 0 aliphatic heterocycles. The quantitative estimate of drug-likeness (QED) is 0.854. The van der Waals surface area contributed by atoms with Crippen molar-refractivity contribution in [1.29, 1.82) is 0 Å². The molecule has 2 rings (SSSR count). The Hall–Kier alpha value is -1.77. The minimum Gasteiger partial charge on any atom is -0.295 e. The smallest absolute Gasteiger partial charge is 0.274 e. The van der Waals surface area contributed by atoms with E-state index in [4.69, 9.17) is 0 Å². The number of aromatic nitrogens is 2. The highest BCUT2D eigenvalue weighted by Crippen LogP contribution is 2.13. The van der Waals surface area contributed by atoms with Gasteiger partial charge in [0, 0.05) is 11.3 Å². The Morgan fingerprint density at radius 2 is 1.95 bits per heavy atom. The molecule has 0 saturated carbocycles. The first-order chi connectivity index (χ1) is 9.67. The van der Waals surface area contributed by atoms with E-state index in [-0.39, 0.29) is 5.56 Å². The van der Waals surface area contributed by atoms with Crippen molar-refractivity contribution in [2.45, 2.75) is 52.9 Å². The summed E-state index contributed by atoms with van der Waals surface area (Å²) in [5, 5.41) is 3.31. The largest absolute Gasteiger partial charge is 0.295 e. The summed E-state index contributed by atoms with van der Waals surface area (Å²) in [7, 11) is 0. The molecular formula is C17H24N2O. The summed E-state index contributed by atoms with van der Waals surface area (Å²) >= 11 is 0. The molecule has 3 heteroatoms. The van der Waals surface area contributed by atoms with Gasteiger partial charge in [0.15, 0.2) is 0 Å². The number of rotatable bonds is 6. The van der Waals surface area contributed by atoms with Gasteiger partial charge < -0.3 is 0 Å². The molecule has 1 N–H and O–H groups in total. The summed E-state index contributed by atoms with van der Waals surface area (Å²) in [5.41, 5.74) is 4.28. The summed E-state index contributed by atoms with van der Waals surface area (Å²) in [6, 6.07) is 8.05. The van der Waals surface area contributed by atoms with Crippen molar-refractivity contribution in [3.05, 3.63) is 51.4 Å². The molecule has 0 fully saturated rings. The van der Waals surface area contributed by atoms with Crippen molar-refractivity contribution in [3.63, 3.8) is 0 Å². The van der Waals surface area contributed by atoms with Gasteiger partial charge in [0.2, 0.25) is 0 Å². The van der Waals surface area contributed by atoms with Gasteiger partial charge in [0.1, 0.15) is 0 Å². The lowest BCUT2D eigenvalue weighted by Gasteiger charge is -2.02. The van der Waals surface area contributed by atoms with Gasteiger partial charge in [0.05, 0.1) is 5.69 Å². The molecule has 2 aromatic rings. The van der Waals surface area contributed by atoms with Gasteiger partial charge in [-0.1, -0.05) is 38.8 Å². The summed E-state index contributed by atoms with van der Waals surface area (Å²) in [4.78, 5) is 12.6. The fourth-order valence-electron chi connectivity index (χ4n) is 2.53. The van der Waals surface area contributed by atoms with Gasteiger partial charge in [-0.15, -0.1) is 0 Å². The van der Waals surface area contributed by atoms with Crippen LogP contribution in [0.2, 0.25) is 0 Å². The van der Waals surface area contributed by atoms with E-state index >= 15 is 0 Å². The second-order valence-electron chi connectivity index (χ2n) is 5.40. The Morgan fingerprint density at radius 1 is 1.15 bits per heavy atom. The highest BCUT2D eigenvalue weighted by atomic mass is 16.1. The molecule has 1 heterocycles. The number of aryl methyl sites for hydroxylation is 2. The van der Waals surface area contributed by atoms with Crippen LogP contribution in [0, 0.1) is 6.92 Å². The molecule has 1 aromatic carbocycles. The number of unbranched alkanes of at least 4 members (excludes halogenated alkanes) is 1. The molecule has 0 unspecified atom stereocenters. The molecule has 0 amide bonds. The van der Waals surface area contributed by atoms with Crippen molar-refractivity contribution in [3.8, 4) is 5.69 Å². The molecule has 0 radical (unpaired) electrons. The predicted molar refractivity (Wildman–Crippen MR) is 83.7 cm³/mol. The van der Waals surface area contributed by atoms with Crippen molar-refractivity contribution < 1.29 is 0 Å². The summed E-state index contributed by atoms with van der Waals surface area (Å²) in [6.07, 6.45) is 5.04. The van der Waals surface area contributed by atoms with Crippen LogP contribution in [-0.2, 0) is 12.8 Å². The van der Waals surface area contributed by atoms with E-state index in [0.29, 0.717) is 0 Å². The molecule has 1 aromatic heterocycles. The van der Waals surface area contributed by atoms with E-state index in [0.717, 1.165) is 54.6 Å². The van der Waals surface area contributed by atoms with Crippen LogP contribution in [-0.4, -0.2) is 9.78 Å². The second kappa shape index (κ2) is 6.60.